The Morgan fingerprint density at radius 2 is 1.85 bits per heavy atom. The van der Waals surface area contributed by atoms with Crippen molar-refractivity contribution in [3.8, 4) is 11.5 Å². The number of benzene rings is 1. The summed E-state index contributed by atoms with van der Waals surface area (Å²) in [7, 11) is 3.19. The van der Waals surface area contributed by atoms with E-state index in [4.69, 9.17) is 26.7 Å². The third-order valence-corrected chi connectivity index (χ3v) is 8.96. The lowest BCUT2D eigenvalue weighted by atomic mass is 9.87. The first-order valence-electron chi connectivity index (χ1n) is 13.5. The summed E-state index contributed by atoms with van der Waals surface area (Å²) in [6, 6.07) is 9.72. The van der Waals surface area contributed by atoms with Gasteiger partial charge in [-0.3, -0.25) is 18.9 Å². The van der Waals surface area contributed by atoms with E-state index in [-0.39, 0.29) is 17.5 Å². The van der Waals surface area contributed by atoms with Crippen LogP contribution in [0.2, 0.25) is 0 Å². The van der Waals surface area contributed by atoms with Gasteiger partial charge in [0.05, 0.1) is 24.7 Å². The zero-order valence-corrected chi connectivity index (χ0v) is 24.9. The summed E-state index contributed by atoms with van der Waals surface area (Å²) >= 11 is 6.80. The van der Waals surface area contributed by atoms with Gasteiger partial charge >= 0.3 is 0 Å². The highest BCUT2D eigenvalue weighted by molar-refractivity contribution is 8.26. The van der Waals surface area contributed by atoms with E-state index in [1.807, 2.05) is 37.3 Å². The molecule has 0 spiro atoms. The number of aryl methyl sites for hydroxylation is 1. The molecule has 0 bridgehead atoms. The quantitative estimate of drug-likeness (QED) is 0.279. The molecule has 1 aliphatic heterocycles. The minimum atomic E-state index is -0.212. The molecule has 1 N–H and O–H groups in total. The predicted octanol–water partition coefficient (Wildman–Crippen LogP) is 5.45. The molecule has 0 atom stereocenters. The molecule has 210 valence electrons. The SMILES string of the molecule is COc1ccc(CCN2C(=O)/C(=C\c3c(NC4CCC(C)CC4)nc4ccc(C)cn4c3=O)SC2=S)cc1OC. The van der Waals surface area contributed by atoms with E-state index in [2.05, 4.69) is 12.2 Å². The zero-order valence-electron chi connectivity index (χ0n) is 23.2. The van der Waals surface area contributed by atoms with Gasteiger partial charge in [0.1, 0.15) is 15.8 Å². The second-order valence-electron chi connectivity index (χ2n) is 10.5. The van der Waals surface area contributed by atoms with E-state index in [0.717, 1.165) is 36.8 Å². The number of amides is 1. The molecule has 8 nitrogen and oxygen atoms in total. The normalized spacial score (nSPS) is 20.4. The Labute approximate surface area is 243 Å². The van der Waals surface area contributed by atoms with Gasteiger partial charge in [-0.15, -0.1) is 0 Å². The second kappa shape index (κ2) is 12.0. The third-order valence-electron chi connectivity index (χ3n) is 7.58. The van der Waals surface area contributed by atoms with Crippen molar-refractivity contribution >= 4 is 51.7 Å². The van der Waals surface area contributed by atoms with Crippen LogP contribution in [-0.4, -0.2) is 51.3 Å². The molecule has 0 radical (unpaired) electrons. The fourth-order valence-corrected chi connectivity index (χ4v) is 6.49. The average Bonchev–Trinajstić information content (AvgIpc) is 3.22. The van der Waals surface area contributed by atoms with Gasteiger partial charge in [-0.1, -0.05) is 43.0 Å². The minimum Gasteiger partial charge on any atom is -0.493 e. The Bertz CT molecular complexity index is 1540. The monoisotopic (exact) mass is 578 g/mol. The highest BCUT2D eigenvalue weighted by Crippen LogP contribution is 2.34. The van der Waals surface area contributed by atoms with Crippen LogP contribution in [0.25, 0.3) is 11.7 Å². The number of carbonyl (C=O) groups excluding carboxylic acids is 1. The number of nitrogens with zero attached hydrogens (tertiary/aromatic N) is 3. The molecular weight excluding hydrogens is 544 g/mol. The number of aromatic nitrogens is 2. The Morgan fingerprint density at radius 1 is 1.10 bits per heavy atom. The number of methoxy groups -OCH3 is 2. The third kappa shape index (κ3) is 5.88. The minimum absolute atomic E-state index is 0.207. The van der Waals surface area contributed by atoms with Gasteiger partial charge in [-0.05, 0) is 80.3 Å². The van der Waals surface area contributed by atoms with Gasteiger partial charge in [-0.25, -0.2) is 4.98 Å². The number of nitrogens with one attached hydrogen (secondary N) is 1. The maximum atomic E-state index is 13.7. The van der Waals surface area contributed by atoms with Crippen LogP contribution in [0, 0.1) is 12.8 Å². The lowest BCUT2D eigenvalue weighted by molar-refractivity contribution is -0.122. The highest BCUT2D eigenvalue weighted by atomic mass is 32.2. The van der Waals surface area contributed by atoms with Gasteiger partial charge in [0.15, 0.2) is 11.5 Å². The lowest BCUT2D eigenvalue weighted by Crippen LogP contribution is -2.30. The van der Waals surface area contributed by atoms with E-state index < -0.39 is 0 Å². The van der Waals surface area contributed by atoms with Gasteiger partial charge in [0.25, 0.3) is 11.5 Å². The molecule has 2 fully saturated rings. The average molecular weight is 579 g/mol. The fraction of sp³-hybridized carbons (Fsp3) is 0.400. The Morgan fingerprint density at radius 3 is 2.58 bits per heavy atom. The molecule has 5 rings (SSSR count). The zero-order chi connectivity index (χ0) is 28.4. The molecular formula is C30H34N4O4S2. The van der Waals surface area contributed by atoms with Crippen LogP contribution >= 0.6 is 24.0 Å². The smallest absolute Gasteiger partial charge is 0.267 e. The van der Waals surface area contributed by atoms with E-state index in [9.17, 15) is 9.59 Å². The van der Waals surface area contributed by atoms with Crippen molar-refractivity contribution < 1.29 is 14.3 Å². The van der Waals surface area contributed by atoms with Crippen LogP contribution in [0.15, 0.2) is 46.2 Å². The summed E-state index contributed by atoms with van der Waals surface area (Å²) in [6.07, 6.45) is 8.35. The standard InChI is InChI=1S/C30H34N4O4S2/c1-18-5-9-21(10-6-18)31-27-22(28(35)34-17-19(2)7-12-26(34)32-27)16-25-29(36)33(30(39)40-25)14-13-20-8-11-23(37-3)24(15-20)38-4/h7-8,11-12,15-18,21,31H,5-6,9-10,13-14H2,1-4H3/b25-16+. The number of ether oxygens (including phenoxy) is 2. The fourth-order valence-electron chi connectivity index (χ4n) is 5.20. The molecule has 2 aromatic heterocycles. The van der Waals surface area contributed by atoms with Crippen molar-refractivity contribution in [3.05, 3.63) is 68.5 Å². The number of hydrogen-bond donors (Lipinski definition) is 1. The summed E-state index contributed by atoms with van der Waals surface area (Å²) in [5, 5.41) is 3.54. The molecule has 10 heteroatoms. The number of thioether (sulfide) groups is 1. The largest absolute Gasteiger partial charge is 0.493 e. The Hall–Kier alpha value is -3.37. The molecule has 1 saturated heterocycles. The first-order chi connectivity index (χ1) is 19.3. The van der Waals surface area contributed by atoms with Gasteiger partial charge < -0.3 is 14.8 Å². The van der Waals surface area contributed by atoms with Gasteiger partial charge in [-0.2, -0.15) is 0 Å². The van der Waals surface area contributed by atoms with Crippen LogP contribution < -0.4 is 20.3 Å². The van der Waals surface area contributed by atoms with Crippen molar-refractivity contribution in [2.24, 2.45) is 5.92 Å². The van der Waals surface area contributed by atoms with Gasteiger partial charge in [0.2, 0.25) is 0 Å². The highest BCUT2D eigenvalue weighted by Gasteiger charge is 2.32. The molecule has 2 aliphatic rings. The number of fused-ring (bicyclic) bond motifs is 1. The molecule has 1 saturated carbocycles. The molecule has 1 aliphatic carbocycles. The molecule has 40 heavy (non-hydrogen) atoms. The van der Waals surface area contributed by atoms with Gasteiger partial charge in [0, 0.05) is 18.8 Å². The van der Waals surface area contributed by atoms with Crippen molar-refractivity contribution in [1.82, 2.24) is 14.3 Å². The van der Waals surface area contributed by atoms with Crippen LogP contribution in [0.3, 0.4) is 0 Å². The summed E-state index contributed by atoms with van der Waals surface area (Å²) in [6.45, 7) is 4.62. The topological polar surface area (TPSA) is 85.2 Å². The van der Waals surface area contributed by atoms with E-state index in [1.165, 1.54) is 11.8 Å². The molecule has 0 unspecified atom stereocenters. The van der Waals surface area contributed by atoms with E-state index in [0.29, 0.717) is 56.6 Å². The summed E-state index contributed by atoms with van der Waals surface area (Å²) in [5.41, 5.74) is 2.68. The summed E-state index contributed by atoms with van der Waals surface area (Å²) in [5.74, 6) is 2.30. The summed E-state index contributed by atoms with van der Waals surface area (Å²) in [4.78, 5) is 34.0. The maximum absolute atomic E-state index is 13.7. The Balaban J connectivity index is 1.43. The number of hydrogen-bond acceptors (Lipinski definition) is 8. The molecule has 1 aromatic carbocycles. The second-order valence-corrected chi connectivity index (χ2v) is 12.2. The first kappa shape index (κ1) is 28.2. The van der Waals surface area contributed by atoms with Crippen molar-refractivity contribution in [2.45, 2.75) is 52.0 Å². The van der Waals surface area contributed by atoms with Crippen LogP contribution in [0.5, 0.6) is 11.5 Å². The molecule has 1 amide bonds. The van der Waals surface area contributed by atoms with Crippen LogP contribution in [0.4, 0.5) is 5.82 Å². The maximum Gasteiger partial charge on any atom is 0.267 e. The number of thiocarbonyl (C=S) groups is 1. The van der Waals surface area contributed by atoms with E-state index >= 15 is 0 Å². The molecule has 3 aromatic rings. The van der Waals surface area contributed by atoms with Crippen molar-refractivity contribution in [1.29, 1.82) is 0 Å². The number of rotatable bonds is 8. The number of pyridine rings is 1. The predicted molar refractivity (Wildman–Crippen MR) is 164 cm³/mol. The van der Waals surface area contributed by atoms with E-state index in [1.54, 1.807) is 35.8 Å². The Kier molecular flexibility index (Phi) is 8.46. The number of carbonyl (C=O) groups is 1. The lowest BCUT2D eigenvalue weighted by Gasteiger charge is -2.27. The molecule has 3 heterocycles. The van der Waals surface area contributed by atoms with Crippen LogP contribution in [-0.2, 0) is 11.2 Å². The first-order valence-corrected chi connectivity index (χ1v) is 14.8. The van der Waals surface area contributed by atoms with Crippen LogP contribution in [0.1, 0.15) is 49.3 Å². The van der Waals surface area contributed by atoms with Crippen molar-refractivity contribution in [2.75, 3.05) is 26.1 Å². The van der Waals surface area contributed by atoms with Crippen molar-refractivity contribution in [3.63, 3.8) is 0 Å². The number of anilines is 1. The summed E-state index contributed by atoms with van der Waals surface area (Å²) < 4.78 is 12.7.